The summed E-state index contributed by atoms with van der Waals surface area (Å²) in [5.41, 5.74) is 6.59. The van der Waals surface area contributed by atoms with Gasteiger partial charge >= 0.3 is 5.97 Å². The molecule has 252 valence electrons. The van der Waals surface area contributed by atoms with Gasteiger partial charge in [0.1, 0.15) is 0 Å². The Morgan fingerprint density at radius 3 is 2.26 bits per heavy atom. The highest BCUT2D eigenvalue weighted by Gasteiger charge is 2.39. The van der Waals surface area contributed by atoms with Crippen LogP contribution < -0.4 is 10.2 Å². The number of aliphatic carboxylic acids is 1. The van der Waals surface area contributed by atoms with Crippen LogP contribution in [-0.4, -0.2) is 52.8 Å². The molecule has 0 aromatic heterocycles. The fraction of sp³-hybridized carbons (Fsp3) is 0.214. The maximum atomic E-state index is 14.0. The van der Waals surface area contributed by atoms with Crippen molar-refractivity contribution < 1.29 is 14.7 Å². The third kappa shape index (κ3) is 7.20. The van der Waals surface area contributed by atoms with Gasteiger partial charge in [-0.1, -0.05) is 115 Å². The minimum Gasteiger partial charge on any atom is -0.480 e. The quantitative estimate of drug-likeness (QED) is 0.146. The van der Waals surface area contributed by atoms with Crippen LogP contribution in [-0.2, 0) is 22.6 Å². The summed E-state index contributed by atoms with van der Waals surface area (Å²) in [5, 5.41) is 14.8. The Kier molecular flexibility index (Phi) is 10.1. The van der Waals surface area contributed by atoms with Crippen LogP contribution in [0.15, 0.2) is 138 Å². The number of fused-ring (bicyclic) bond motifs is 1. The largest absolute Gasteiger partial charge is 0.480 e. The number of rotatable bonds is 10. The van der Waals surface area contributed by atoms with E-state index in [4.69, 9.17) is 16.6 Å². The van der Waals surface area contributed by atoms with Gasteiger partial charge in [-0.25, -0.2) is 4.79 Å². The molecule has 8 heteroatoms. The van der Waals surface area contributed by atoms with E-state index < -0.39 is 18.1 Å². The predicted octanol–water partition coefficient (Wildman–Crippen LogP) is 8.04. The summed E-state index contributed by atoms with van der Waals surface area (Å²) >= 11 is 6.26. The van der Waals surface area contributed by atoms with Crippen molar-refractivity contribution in [2.24, 2.45) is 4.99 Å². The highest BCUT2D eigenvalue weighted by Crippen LogP contribution is 2.38. The standard InChI is InChI=1S/C42H39ClN4O3/c43-32-21-23-33(24-22-32)47-27-25-30-14-7-8-17-34(30)40(47)39(42(49)50)45-38(31-15-5-2-6-16-31)35-18-9-10-19-36(35)44-41(48)37-20-11-26-46(37)28-29-12-3-1-4-13-29/h1-10,12-19,21-24,37,39-40H,11,20,25-28H2,(H,44,48)(H,49,50)/t37-,39-,40+/m0/s1. The number of hydrogen-bond donors (Lipinski definition) is 2. The number of likely N-dealkylation sites (tertiary alicyclic amines) is 1. The number of nitrogens with zero attached hydrogens (tertiary/aromatic N) is 3. The number of para-hydroxylation sites is 1. The first kappa shape index (κ1) is 33.3. The first-order chi connectivity index (χ1) is 24.5. The molecule has 2 aliphatic rings. The topological polar surface area (TPSA) is 85.2 Å². The average Bonchev–Trinajstić information content (AvgIpc) is 3.61. The monoisotopic (exact) mass is 682 g/mol. The van der Waals surface area contributed by atoms with E-state index in [1.807, 2.05) is 115 Å². The molecule has 2 aliphatic heterocycles. The number of carbonyl (C=O) groups is 2. The molecule has 7 nitrogen and oxygen atoms in total. The van der Waals surface area contributed by atoms with E-state index in [0.717, 1.165) is 48.2 Å². The molecular formula is C42H39ClN4O3. The van der Waals surface area contributed by atoms with Crippen LogP contribution in [0.5, 0.6) is 0 Å². The third-order valence-electron chi connectivity index (χ3n) is 9.69. The number of halogens is 1. The molecule has 0 bridgehead atoms. The Bertz CT molecular complexity index is 1980. The van der Waals surface area contributed by atoms with E-state index >= 15 is 0 Å². The smallest absolute Gasteiger partial charge is 0.330 e. The number of hydrogen-bond acceptors (Lipinski definition) is 5. The number of carboxylic acid groups (broad SMARTS) is 1. The molecule has 0 spiro atoms. The number of carboxylic acids is 1. The van der Waals surface area contributed by atoms with Crippen LogP contribution in [0.2, 0.25) is 5.02 Å². The molecule has 0 saturated carbocycles. The van der Waals surface area contributed by atoms with Crippen molar-refractivity contribution in [1.29, 1.82) is 0 Å². The zero-order valence-electron chi connectivity index (χ0n) is 27.7. The van der Waals surface area contributed by atoms with E-state index in [1.54, 1.807) is 0 Å². The zero-order chi connectivity index (χ0) is 34.5. The number of nitrogens with one attached hydrogen (secondary N) is 1. The zero-order valence-corrected chi connectivity index (χ0v) is 28.4. The SMILES string of the molecule is O=C(O)[C@@H](N=C(c1ccccc1)c1ccccc1NC(=O)[C@@H]1CCCN1Cc1ccccc1)[C@H]1c2ccccc2CCN1c1ccc(Cl)cc1. The number of benzene rings is 5. The molecule has 2 heterocycles. The van der Waals surface area contributed by atoms with Gasteiger partial charge in [-0.3, -0.25) is 14.7 Å². The maximum absolute atomic E-state index is 14.0. The number of carbonyl (C=O) groups excluding carboxylic acids is 1. The second kappa shape index (κ2) is 15.1. The molecule has 0 unspecified atom stereocenters. The lowest BCUT2D eigenvalue weighted by molar-refractivity contribution is -0.139. The summed E-state index contributed by atoms with van der Waals surface area (Å²) in [5.74, 6) is -1.12. The van der Waals surface area contributed by atoms with Crippen molar-refractivity contribution in [3.05, 3.63) is 166 Å². The van der Waals surface area contributed by atoms with Gasteiger partial charge in [0.25, 0.3) is 0 Å². The second-order valence-corrected chi connectivity index (χ2v) is 13.3. The van der Waals surface area contributed by atoms with Crippen LogP contribution in [0.1, 0.15) is 46.7 Å². The lowest BCUT2D eigenvalue weighted by Crippen LogP contribution is -2.44. The maximum Gasteiger partial charge on any atom is 0.330 e. The minimum atomic E-state index is -1.18. The molecule has 5 aromatic carbocycles. The number of anilines is 2. The van der Waals surface area contributed by atoms with Gasteiger partial charge in [0, 0.05) is 34.9 Å². The molecule has 5 aromatic rings. The molecule has 2 N–H and O–H groups in total. The van der Waals surface area contributed by atoms with Gasteiger partial charge in [-0.05, 0) is 72.8 Å². The summed E-state index contributed by atoms with van der Waals surface area (Å²) in [4.78, 5) is 36.9. The molecule has 3 atom stereocenters. The first-order valence-electron chi connectivity index (χ1n) is 17.1. The normalized spacial score (nSPS) is 18.3. The Labute approximate surface area is 297 Å². The minimum absolute atomic E-state index is 0.0804. The fourth-order valence-corrected chi connectivity index (χ4v) is 7.43. The van der Waals surface area contributed by atoms with Gasteiger partial charge in [-0.2, -0.15) is 0 Å². The highest BCUT2D eigenvalue weighted by atomic mass is 35.5. The van der Waals surface area contributed by atoms with E-state index in [-0.39, 0.29) is 11.9 Å². The first-order valence-corrected chi connectivity index (χ1v) is 17.5. The molecule has 50 heavy (non-hydrogen) atoms. The summed E-state index contributed by atoms with van der Waals surface area (Å²) < 4.78 is 0. The number of amides is 1. The van der Waals surface area contributed by atoms with Gasteiger partial charge in [0.05, 0.1) is 23.5 Å². The Hall–Kier alpha value is -5.24. The van der Waals surface area contributed by atoms with Crippen LogP contribution >= 0.6 is 11.6 Å². The molecule has 7 rings (SSSR count). The number of aliphatic imine (C=N–C) groups is 1. The van der Waals surface area contributed by atoms with E-state index in [0.29, 0.717) is 35.1 Å². The Morgan fingerprint density at radius 2 is 1.50 bits per heavy atom. The second-order valence-electron chi connectivity index (χ2n) is 12.8. The predicted molar refractivity (Wildman–Crippen MR) is 200 cm³/mol. The summed E-state index contributed by atoms with van der Waals surface area (Å²) in [7, 11) is 0. The van der Waals surface area contributed by atoms with Crippen LogP contribution in [0.25, 0.3) is 0 Å². The Balaban J connectivity index is 1.29. The van der Waals surface area contributed by atoms with Gasteiger partial charge in [0.2, 0.25) is 5.91 Å². The van der Waals surface area contributed by atoms with Crippen LogP contribution in [0.4, 0.5) is 11.4 Å². The van der Waals surface area contributed by atoms with Crippen molar-refractivity contribution >= 4 is 40.6 Å². The van der Waals surface area contributed by atoms with Crippen molar-refractivity contribution in [2.75, 3.05) is 23.3 Å². The molecular weight excluding hydrogens is 644 g/mol. The van der Waals surface area contributed by atoms with E-state index in [2.05, 4.69) is 33.3 Å². The van der Waals surface area contributed by atoms with Crippen LogP contribution in [0, 0.1) is 0 Å². The Morgan fingerprint density at radius 1 is 0.820 bits per heavy atom. The third-order valence-corrected chi connectivity index (χ3v) is 9.94. The van der Waals surface area contributed by atoms with Crippen molar-refractivity contribution in [1.82, 2.24) is 4.90 Å². The van der Waals surface area contributed by atoms with E-state index in [1.165, 1.54) is 5.56 Å². The van der Waals surface area contributed by atoms with Gasteiger partial charge in [0.15, 0.2) is 6.04 Å². The molecule has 1 saturated heterocycles. The molecule has 1 fully saturated rings. The molecule has 0 radical (unpaired) electrons. The van der Waals surface area contributed by atoms with Crippen molar-refractivity contribution in [3.8, 4) is 0 Å². The van der Waals surface area contributed by atoms with E-state index in [9.17, 15) is 14.7 Å². The summed E-state index contributed by atoms with van der Waals surface area (Å²) in [6.07, 6.45) is 2.48. The lowest BCUT2D eigenvalue weighted by Gasteiger charge is -2.41. The van der Waals surface area contributed by atoms with Crippen molar-refractivity contribution in [2.45, 2.75) is 43.9 Å². The van der Waals surface area contributed by atoms with Gasteiger partial charge < -0.3 is 15.3 Å². The molecule has 0 aliphatic carbocycles. The summed E-state index contributed by atoms with van der Waals surface area (Å²) in [6, 6.07) is 40.9. The van der Waals surface area contributed by atoms with Crippen molar-refractivity contribution in [3.63, 3.8) is 0 Å². The lowest BCUT2D eigenvalue weighted by atomic mass is 9.87. The van der Waals surface area contributed by atoms with Crippen LogP contribution in [0.3, 0.4) is 0 Å². The van der Waals surface area contributed by atoms with Gasteiger partial charge in [-0.15, -0.1) is 0 Å². The fourth-order valence-electron chi connectivity index (χ4n) is 7.30. The average molecular weight is 683 g/mol. The summed E-state index contributed by atoms with van der Waals surface area (Å²) in [6.45, 7) is 2.17. The highest BCUT2D eigenvalue weighted by molar-refractivity contribution is 6.30. The molecule has 1 amide bonds.